The van der Waals surface area contributed by atoms with E-state index in [2.05, 4.69) is 15.3 Å². The van der Waals surface area contributed by atoms with Gasteiger partial charge in [0.1, 0.15) is 5.56 Å². The first kappa shape index (κ1) is 12.6. The maximum Gasteiger partial charge on any atom is 0.342 e. The van der Waals surface area contributed by atoms with Crippen LogP contribution in [0.25, 0.3) is 0 Å². The Morgan fingerprint density at radius 1 is 1.33 bits per heavy atom. The standard InChI is InChI=1S/C12H17N3O3/c16-10-9(11(17)18)7-13-12(15-10)14-8-5-3-1-2-4-6-8/h7-8H,1-6H2,(H,17,18)(H2,13,14,15,16). The zero-order chi connectivity index (χ0) is 13.0. The van der Waals surface area contributed by atoms with Gasteiger partial charge in [0.05, 0.1) is 6.20 Å². The molecule has 0 aromatic carbocycles. The average molecular weight is 251 g/mol. The van der Waals surface area contributed by atoms with Gasteiger partial charge >= 0.3 is 5.97 Å². The summed E-state index contributed by atoms with van der Waals surface area (Å²) in [4.78, 5) is 28.6. The van der Waals surface area contributed by atoms with Gasteiger partial charge in [-0.05, 0) is 12.8 Å². The van der Waals surface area contributed by atoms with Crippen LogP contribution in [0.2, 0.25) is 0 Å². The summed E-state index contributed by atoms with van der Waals surface area (Å²) in [5.41, 5.74) is -0.949. The van der Waals surface area contributed by atoms with Crippen LogP contribution in [0.15, 0.2) is 11.0 Å². The van der Waals surface area contributed by atoms with Crippen LogP contribution in [-0.2, 0) is 0 Å². The lowest BCUT2D eigenvalue weighted by Gasteiger charge is -2.16. The highest BCUT2D eigenvalue weighted by atomic mass is 16.4. The van der Waals surface area contributed by atoms with Crippen LogP contribution in [0, 0.1) is 0 Å². The first-order valence-corrected chi connectivity index (χ1v) is 6.26. The molecule has 1 aliphatic rings. The largest absolute Gasteiger partial charge is 0.477 e. The molecule has 3 N–H and O–H groups in total. The van der Waals surface area contributed by atoms with Gasteiger partial charge in [-0.15, -0.1) is 0 Å². The Hall–Kier alpha value is -1.85. The van der Waals surface area contributed by atoms with Crippen molar-refractivity contribution < 1.29 is 9.90 Å². The van der Waals surface area contributed by atoms with Crippen molar-refractivity contribution >= 4 is 11.9 Å². The van der Waals surface area contributed by atoms with Crippen LogP contribution in [0.4, 0.5) is 5.95 Å². The zero-order valence-electron chi connectivity index (χ0n) is 10.1. The summed E-state index contributed by atoms with van der Waals surface area (Å²) in [6, 6.07) is 0.311. The van der Waals surface area contributed by atoms with Crippen molar-refractivity contribution in [3.8, 4) is 0 Å². The maximum atomic E-state index is 11.5. The van der Waals surface area contributed by atoms with Crippen LogP contribution >= 0.6 is 0 Å². The van der Waals surface area contributed by atoms with Gasteiger partial charge < -0.3 is 10.4 Å². The van der Waals surface area contributed by atoms with E-state index in [1.807, 2.05) is 0 Å². The number of anilines is 1. The Kier molecular flexibility index (Phi) is 3.96. The summed E-state index contributed by atoms with van der Waals surface area (Å²) < 4.78 is 0. The fourth-order valence-corrected chi connectivity index (χ4v) is 2.24. The normalized spacial score (nSPS) is 17.1. The third kappa shape index (κ3) is 3.09. The number of nitrogens with one attached hydrogen (secondary N) is 2. The Morgan fingerprint density at radius 2 is 2.00 bits per heavy atom. The number of nitrogens with zero attached hydrogens (tertiary/aromatic N) is 1. The number of aromatic carboxylic acids is 1. The predicted octanol–water partition coefficient (Wildman–Crippen LogP) is 1.60. The third-order valence-electron chi connectivity index (χ3n) is 3.23. The second kappa shape index (κ2) is 5.66. The molecule has 0 radical (unpaired) electrons. The van der Waals surface area contributed by atoms with Gasteiger partial charge in [0, 0.05) is 6.04 Å². The maximum absolute atomic E-state index is 11.5. The highest BCUT2D eigenvalue weighted by Crippen LogP contribution is 2.19. The predicted molar refractivity (Wildman–Crippen MR) is 66.9 cm³/mol. The van der Waals surface area contributed by atoms with Crippen molar-refractivity contribution in [2.24, 2.45) is 0 Å². The summed E-state index contributed by atoms with van der Waals surface area (Å²) in [5, 5.41) is 11.9. The molecule has 98 valence electrons. The van der Waals surface area contributed by atoms with Gasteiger partial charge in [-0.2, -0.15) is 0 Å². The molecule has 1 saturated carbocycles. The fourth-order valence-electron chi connectivity index (χ4n) is 2.24. The quantitative estimate of drug-likeness (QED) is 0.709. The average Bonchev–Trinajstić information content (AvgIpc) is 2.57. The molecule has 6 nitrogen and oxygen atoms in total. The number of rotatable bonds is 3. The summed E-state index contributed by atoms with van der Waals surface area (Å²) in [6.45, 7) is 0. The van der Waals surface area contributed by atoms with Crippen LogP contribution in [0.3, 0.4) is 0 Å². The third-order valence-corrected chi connectivity index (χ3v) is 3.23. The SMILES string of the molecule is O=C(O)c1cnc(NC2CCCCCC2)[nH]c1=O. The van der Waals surface area contributed by atoms with Gasteiger partial charge in [0.25, 0.3) is 5.56 Å². The molecule has 1 aromatic heterocycles. The molecule has 1 heterocycles. The van der Waals surface area contributed by atoms with Crippen LogP contribution in [-0.4, -0.2) is 27.1 Å². The monoisotopic (exact) mass is 251 g/mol. The lowest BCUT2D eigenvalue weighted by atomic mass is 10.1. The number of aromatic amines is 1. The topological polar surface area (TPSA) is 95.1 Å². The molecular formula is C12H17N3O3. The number of carbonyl (C=O) groups is 1. The van der Waals surface area contributed by atoms with Crippen molar-refractivity contribution in [1.82, 2.24) is 9.97 Å². The second-order valence-corrected chi connectivity index (χ2v) is 4.61. The summed E-state index contributed by atoms with van der Waals surface area (Å²) in [7, 11) is 0. The molecule has 0 bridgehead atoms. The molecule has 1 aromatic rings. The van der Waals surface area contributed by atoms with Gasteiger partial charge in [-0.1, -0.05) is 25.7 Å². The van der Waals surface area contributed by atoms with Crippen LogP contribution < -0.4 is 10.9 Å². The number of hydrogen-bond acceptors (Lipinski definition) is 4. The van der Waals surface area contributed by atoms with E-state index in [0.717, 1.165) is 19.0 Å². The molecular weight excluding hydrogens is 234 g/mol. The summed E-state index contributed by atoms with van der Waals surface area (Å²) in [6.07, 6.45) is 8.07. The van der Waals surface area contributed by atoms with E-state index < -0.39 is 11.5 Å². The minimum Gasteiger partial charge on any atom is -0.477 e. The molecule has 0 amide bonds. The second-order valence-electron chi connectivity index (χ2n) is 4.61. The zero-order valence-corrected chi connectivity index (χ0v) is 10.1. The molecule has 18 heavy (non-hydrogen) atoms. The van der Waals surface area contributed by atoms with Crippen molar-refractivity contribution in [3.63, 3.8) is 0 Å². The number of H-pyrrole nitrogens is 1. The number of aromatic nitrogens is 2. The number of hydrogen-bond donors (Lipinski definition) is 3. The van der Waals surface area contributed by atoms with Crippen LogP contribution in [0.1, 0.15) is 48.9 Å². The highest BCUT2D eigenvalue weighted by Gasteiger charge is 2.14. The van der Waals surface area contributed by atoms with Crippen LogP contribution in [0.5, 0.6) is 0 Å². The van der Waals surface area contributed by atoms with Gasteiger partial charge in [-0.25, -0.2) is 9.78 Å². The summed E-state index contributed by atoms with van der Waals surface area (Å²) in [5.74, 6) is -0.901. The minimum atomic E-state index is -1.26. The van der Waals surface area contributed by atoms with Gasteiger partial charge in [0.2, 0.25) is 5.95 Å². The highest BCUT2D eigenvalue weighted by molar-refractivity contribution is 5.86. The molecule has 1 fully saturated rings. The van der Waals surface area contributed by atoms with Gasteiger partial charge in [0.15, 0.2) is 0 Å². The lowest BCUT2D eigenvalue weighted by molar-refractivity contribution is 0.0694. The first-order valence-electron chi connectivity index (χ1n) is 6.26. The lowest BCUT2D eigenvalue weighted by Crippen LogP contribution is -2.24. The van der Waals surface area contributed by atoms with Crippen molar-refractivity contribution in [1.29, 1.82) is 0 Å². The van der Waals surface area contributed by atoms with E-state index in [4.69, 9.17) is 5.11 Å². The first-order chi connectivity index (χ1) is 8.66. The Bertz CT molecular complexity index is 476. The number of carboxylic acids is 1. The fraction of sp³-hybridized carbons (Fsp3) is 0.583. The molecule has 2 rings (SSSR count). The van der Waals surface area contributed by atoms with E-state index in [1.54, 1.807) is 0 Å². The molecule has 0 saturated heterocycles. The van der Waals surface area contributed by atoms with Crippen molar-refractivity contribution in [2.75, 3.05) is 5.32 Å². The van der Waals surface area contributed by atoms with E-state index in [9.17, 15) is 9.59 Å². The van der Waals surface area contributed by atoms with Crippen molar-refractivity contribution in [2.45, 2.75) is 44.6 Å². The molecule has 6 heteroatoms. The van der Waals surface area contributed by atoms with Crippen molar-refractivity contribution in [3.05, 3.63) is 22.1 Å². The molecule has 0 aliphatic heterocycles. The molecule has 0 unspecified atom stereocenters. The Morgan fingerprint density at radius 3 is 2.56 bits per heavy atom. The summed E-state index contributed by atoms with van der Waals surface area (Å²) >= 11 is 0. The smallest absolute Gasteiger partial charge is 0.342 e. The number of carboxylic acid groups (broad SMARTS) is 1. The van der Waals surface area contributed by atoms with E-state index in [1.165, 1.54) is 25.7 Å². The molecule has 0 atom stereocenters. The molecule has 0 spiro atoms. The van der Waals surface area contributed by atoms with E-state index in [-0.39, 0.29) is 5.56 Å². The Labute approximate surface area is 104 Å². The van der Waals surface area contributed by atoms with E-state index in [0.29, 0.717) is 12.0 Å². The van der Waals surface area contributed by atoms with Gasteiger partial charge in [-0.3, -0.25) is 9.78 Å². The van der Waals surface area contributed by atoms with E-state index >= 15 is 0 Å². The minimum absolute atomic E-state index is 0.311. The Balaban J connectivity index is 2.07. The molecule has 1 aliphatic carbocycles.